The topological polar surface area (TPSA) is 104 Å². The van der Waals surface area contributed by atoms with Crippen LogP contribution in [0.3, 0.4) is 0 Å². The van der Waals surface area contributed by atoms with Gasteiger partial charge in [0.15, 0.2) is 6.61 Å². The molecule has 1 aromatic carbocycles. The lowest BCUT2D eigenvalue weighted by Crippen LogP contribution is -2.12. The molecule has 0 atom stereocenters. The summed E-state index contributed by atoms with van der Waals surface area (Å²) in [6.45, 7) is 0.0972. The van der Waals surface area contributed by atoms with Gasteiger partial charge in [0.1, 0.15) is 17.0 Å². The Bertz CT molecular complexity index is 1040. The van der Waals surface area contributed by atoms with Crippen molar-refractivity contribution in [3.05, 3.63) is 59.4 Å². The number of benzene rings is 1. The summed E-state index contributed by atoms with van der Waals surface area (Å²) in [5.74, 6) is 0.804. The third-order valence-corrected chi connectivity index (χ3v) is 4.36. The maximum absolute atomic E-state index is 11.3. The summed E-state index contributed by atoms with van der Waals surface area (Å²) in [7, 11) is 0. The number of hydrogen-bond acceptors (Lipinski definition) is 7. The molecule has 2 N–H and O–H groups in total. The highest BCUT2D eigenvalue weighted by Crippen LogP contribution is 2.25. The molecule has 0 spiro atoms. The van der Waals surface area contributed by atoms with Crippen molar-refractivity contribution in [2.45, 2.75) is 6.61 Å². The van der Waals surface area contributed by atoms with E-state index in [9.17, 15) is 4.79 Å². The molecule has 0 aliphatic rings. The lowest BCUT2D eigenvalue weighted by molar-refractivity contribution is 0.0996. The van der Waals surface area contributed by atoms with E-state index in [0.29, 0.717) is 23.0 Å². The maximum atomic E-state index is 11.3. The first-order chi connectivity index (χ1) is 12.2. The van der Waals surface area contributed by atoms with Gasteiger partial charge in [-0.2, -0.15) is 4.98 Å². The number of carbonyl (C=O) groups is 1. The number of hydrogen-bond donors (Lipinski definition) is 1. The zero-order valence-electron chi connectivity index (χ0n) is 12.9. The summed E-state index contributed by atoms with van der Waals surface area (Å²) >= 11 is 1.53. The highest BCUT2D eigenvalue weighted by Gasteiger charge is 2.12. The molecule has 4 rings (SSSR count). The molecule has 124 valence electrons. The minimum Gasteiger partial charge on any atom is -0.481 e. The van der Waals surface area contributed by atoms with Crippen molar-refractivity contribution >= 4 is 28.1 Å². The normalized spacial score (nSPS) is 10.9. The summed E-state index contributed by atoms with van der Waals surface area (Å²) in [5.41, 5.74) is 6.03. The molecule has 3 aromatic heterocycles. The van der Waals surface area contributed by atoms with Gasteiger partial charge in [0.25, 0.3) is 11.8 Å². The molecule has 0 unspecified atom stereocenters. The van der Waals surface area contributed by atoms with Crippen LogP contribution in [-0.2, 0) is 6.61 Å². The minimum absolute atomic E-state index is 0.0972. The Balaban J connectivity index is 1.58. The van der Waals surface area contributed by atoms with Gasteiger partial charge >= 0.3 is 0 Å². The molecule has 8 heteroatoms. The van der Waals surface area contributed by atoms with Gasteiger partial charge < -0.3 is 15.0 Å². The molecule has 1 amide bonds. The minimum atomic E-state index is -0.589. The van der Waals surface area contributed by atoms with E-state index >= 15 is 0 Å². The van der Waals surface area contributed by atoms with Gasteiger partial charge in [0, 0.05) is 5.39 Å². The maximum Gasteiger partial charge on any atom is 0.267 e. The number of thiophene rings is 1. The van der Waals surface area contributed by atoms with Crippen molar-refractivity contribution in [3.8, 4) is 16.5 Å². The summed E-state index contributed by atoms with van der Waals surface area (Å²) in [4.78, 5) is 20.8. The number of pyridine rings is 1. The summed E-state index contributed by atoms with van der Waals surface area (Å²) < 4.78 is 11.0. The number of fused-ring (bicyclic) bond motifs is 1. The number of primary amides is 1. The van der Waals surface area contributed by atoms with Crippen LogP contribution in [0, 0.1) is 0 Å². The lowest BCUT2D eigenvalue weighted by Gasteiger charge is -2.07. The Morgan fingerprint density at radius 1 is 1.16 bits per heavy atom. The van der Waals surface area contributed by atoms with Gasteiger partial charge in [-0.25, -0.2) is 4.98 Å². The molecule has 0 aliphatic heterocycles. The van der Waals surface area contributed by atoms with E-state index in [0.717, 1.165) is 10.3 Å². The number of rotatable bonds is 5. The van der Waals surface area contributed by atoms with Crippen LogP contribution >= 0.6 is 11.3 Å². The highest BCUT2D eigenvalue weighted by atomic mass is 32.1. The molecular formula is C17H12N4O3S. The van der Waals surface area contributed by atoms with Crippen molar-refractivity contribution in [1.82, 2.24) is 15.1 Å². The number of ether oxygens (including phenoxy) is 1. The van der Waals surface area contributed by atoms with Crippen molar-refractivity contribution in [1.29, 1.82) is 0 Å². The quantitative estimate of drug-likeness (QED) is 0.592. The van der Waals surface area contributed by atoms with Crippen molar-refractivity contribution in [3.63, 3.8) is 0 Å². The van der Waals surface area contributed by atoms with Gasteiger partial charge in [-0.1, -0.05) is 29.4 Å². The molecule has 0 fully saturated rings. The fourth-order valence-electron chi connectivity index (χ4n) is 2.33. The monoisotopic (exact) mass is 352 g/mol. The SMILES string of the molecule is NC(=O)c1ccc2cccc(OCc3nc(-c4cccs4)no3)c2n1. The van der Waals surface area contributed by atoms with Gasteiger partial charge in [0.05, 0.1) is 4.88 Å². The number of carbonyl (C=O) groups excluding carboxylic acids is 1. The van der Waals surface area contributed by atoms with Crippen molar-refractivity contribution in [2.24, 2.45) is 5.73 Å². The Morgan fingerprint density at radius 3 is 2.88 bits per heavy atom. The fraction of sp³-hybridized carbons (Fsp3) is 0.0588. The number of nitrogens with zero attached hydrogens (tertiary/aromatic N) is 3. The number of para-hydroxylation sites is 1. The van der Waals surface area contributed by atoms with Crippen LogP contribution in [0.4, 0.5) is 0 Å². The molecular weight excluding hydrogens is 340 g/mol. The van der Waals surface area contributed by atoms with E-state index in [1.807, 2.05) is 29.6 Å². The first-order valence-corrected chi connectivity index (χ1v) is 8.27. The van der Waals surface area contributed by atoms with E-state index < -0.39 is 5.91 Å². The third kappa shape index (κ3) is 3.07. The van der Waals surface area contributed by atoms with E-state index in [-0.39, 0.29) is 12.3 Å². The van der Waals surface area contributed by atoms with Crippen LogP contribution in [0.15, 0.2) is 52.4 Å². The Labute approximate surface area is 146 Å². The van der Waals surface area contributed by atoms with Crippen molar-refractivity contribution < 1.29 is 14.1 Å². The molecule has 0 radical (unpaired) electrons. The van der Waals surface area contributed by atoms with E-state index in [4.69, 9.17) is 15.0 Å². The van der Waals surface area contributed by atoms with Crippen molar-refractivity contribution in [2.75, 3.05) is 0 Å². The molecule has 4 aromatic rings. The average molecular weight is 352 g/mol. The second-order valence-electron chi connectivity index (χ2n) is 5.17. The Morgan fingerprint density at radius 2 is 2.08 bits per heavy atom. The van der Waals surface area contributed by atoms with Gasteiger partial charge in [-0.3, -0.25) is 4.79 Å². The van der Waals surface area contributed by atoms with Gasteiger partial charge in [-0.05, 0) is 23.6 Å². The standard InChI is InChI=1S/C17H12N4O3S/c18-16(22)11-7-6-10-3-1-4-12(15(10)19-11)23-9-14-20-17(21-24-14)13-5-2-8-25-13/h1-8H,9H2,(H2,18,22). The van der Waals surface area contributed by atoms with Gasteiger partial charge in [-0.15, -0.1) is 11.3 Å². The van der Waals surface area contributed by atoms with Crippen LogP contribution in [0.2, 0.25) is 0 Å². The number of amides is 1. The average Bonchev–Trinajstić information content (AvgIpc) is 3.30. The van der Waals surface area contributed by atoms with Crippen LogP contribution in [0.1, 0.15) is 16.4 Å². The molecule has 25 heavy (non-hydrogen) atoms. The first kappa shape index (κ1) is 15.3. The van der Waals surface area contributed by atoms with Crippen LogP contribution in [0.5, 0.6) is 5.75 Å². The predicted molar refractivity (Wildman–Crippen MR) is 92.2 cm³/mol. The Kier molecular flexibility index (Phi) is 3.87. The number of nitrogens with two attached hydrogens (primary N) is 1. The lowest BCUT2D eigenvalue weighted by atomic mass is 10.2. The zero-order chi connectivity index (χ0) is 17.2. The fourth-order valence-corrected chi connectivity index (χ4v) is 2.98. The number of aromatic nitrogens is 3. The molecule has 0 aliphatic carbocycles. The van der Waals surface area contributed by atoms with Crippen LogP contribution in [0.25, 0.3) is 21.6 Å². The molecule has 0 saturated carbocycles. The predicted octanol–water partition coefficient (Wildman–Crippen LogP) is 3.02. The largest absolute Gasteiger partial charge is 0.481 e. The smallest absolute Gasteiger partial charge is 0.267 e. The van der Waals surface area contributed by atoms with E-state index in [1.165, 1.54) is 11.3 Å². The molecule has 0 bridgehead atoms. The third-order valence-electron chi connectivity index (χ3n) is 3.50. The Hall–Kier alpha value is -3.26. The zero-order valence-corrected chi connectivity index (χ0v) is 13.7. The highest BCUT2D eigenvalue weighted by molar-refractivity contribution is 7.13. The summed E-state index contributed by atoms with van der Waals surface area (Å²) in [6.07, 6.45) is 0. The summed E-state index contributed by atoms with van der Waals surface area (Å²) in [5, 5.41) is 6.72. The second-order valence-corrected chi connectivity index (χ2v) is 6.11. The van der Waals surface area contributed by atoms with E-state index in [2.05, 4.69) is 15.1 Å². The first-order valence-electron chi connectivity index (χ1n) is 7.39. The molecule has 3 heterocycles. The van der Waals surface area contributed by atoms with E-state index in [1.54, 1.807) is 18.2 Å². The summed E-state index contributed by atoms with van der Waals surface area (Å²) in [6, 6.07) is 12.7. The second kappa shape index (κ2) is 6.33. The van der Waals surface area contributed by atoms with Crippen LogP contribution < -0.4 is 10.5 Å². The molecule has 7 nitrogen and oxygen atoms in total. The van der Waals surface area contributed by atoms with Gasteiger partial charge in [0.2, 0.25) is 5.82 Å². The molecule has 0 saturated heterocycles. The van der Waals surface area contributed by atoms with Crippen LogP contribution in [-0.4, -0.2) is 21.0 Å².